The van der Waals surface area contributed by atoms with E-state index in [4.69, 9.17) is 0 Å². The number of benzene rings is 4. The minimum atomic E-state index is 0. The van der Waals surface area contributed by atoms with Gasteiger partial charge in [-0.3, -0.25) is 0 Å². The summed E-state index contributed by atoms with van der Waals surface area (Å²) in [5.41, 5.74) is 9.90. The first-order chi connectivity index (χ1) is 18.8. The van der Waals surface area contributed by atoms with Gasteiger partial charge in [0, 0.05) is 48.5 Å². The standard InChI is InChI=1S/C34H28N4.2BrH/c1-3-7-33-29(5-1)31-17-19-37(33)23-27-13-15-28(16-14-27)24-38-20-18-32(30-6-2-4-8-34(30)38)36-22-26-11-9-25(10-12-26)21-35-31;;/h1-20H,21-24H2;2*1H. The van der Waals surface area contributed by atoms with Gasteiger partial charge in [-0.05, 0) is 23.3 Å². The Kier molecular flexibility index (Phi) is 8.48. The van der Waals surface area contributed by atoms with Crippen molar-refractivity contribution in [1.29, 1.82) is 0 Å². The van der Waals surface area contributed by atoms with Crippen LogP contribution in [0.4, 0.5) is 11.4 Å². The minimum Gasteiger partial charge on any atom is -1.00 e. The van der Waals surface area contributed by atoms with E-state index in [0.717, 1.165) is 37.6 Å². The molecule has 40 heavy (non-hydrogen) atoms. The lowest BCUT2D eigenvalue weighted by Gasteiger charge is -2.12. The van der Waals surface area contributed by atoms with Gasteiger partial charge in [0.25, 0.3) is 0 Å². The molecule has 8 aliphatic rings. The van der Waals surface area contributed by atoms with E-state index in [-0.39, 0.29) is 34.0 Å². The Morgan fingerprint density at radius 3 is 1.23 bits per heavy atom. The fraction of sp³-hybridized carbons (Fsp3) is 0.118. The van der Waals surface area contributed by atoms with E-state index in [2.05, 4.69) is 141 Å². The molecule has 6 aromatic rings. The molecule has 2 N–H and O–H groups in total. The highest BCUT2D eigenvalue weighted by atomic mass is 79.9. The van der Waals surface area contributed by atoms with E-state index in [1.54, 1.807) is 0 Å². The van der Waals surface area contributed by atoms with Gasteiger partial charge in [0.15, 0.2) is 25.5 Å². The summed E-state index contributed by atoms with van der Waals surface area (Å²) >= 11 is 0. The quantitative estimate of drug-likeness (QED) is 0.230. The topological polar surface area (TPSA) is 31.8 Å². The van der Waals surface area contributed by atoms with Crippen LogP contribution in [-0.4, -0.2) is 0 Å². The van der Waals surface area contributed by atoms with Gasteiger partial charge in [0.1, 0.15) is 0 Å². The van der Waals surface area contributed by atoms with Gasteiger partial charge in [0.05, 0.1) is 22.1 Å². The van der Waals surface area contributed by atoms with Gasteiger partial charge >= 0.3 is 0 Å². The van der Waals surface area contributed by atoms with Crippen LogP contribution in [0.25, 0.3) is 21.8 Å². The molecule has 0 atom stereocenters. The molecule has 8 bridgehead atoms. The van der Waals surface area contributed by atoms with Crippen LogP contribution >= 0.6 is 0 Å². The zero-order chi connectivity index (χ0) is 25.3. The van der Waals surface area contributed by atoms with Crippen molar-refractivity contribution in [1.82, 2.24) is 0 Å². The van der Waals surface area contributed by atoms with Gasteiger partial charge in [-0.2, -0.15) is 9.13 Å². The highest BCUT2D eigenvalue weighted by molar-refractivity contribution is 5.89. The third kappa shape index (κ3) is 5.60. The van der Waals surface area contributed by atoms with Crippen LogP contribution in [0, 0.1) is 0 Å². The van der Waals surface area contributed by atoms with E-state index in [1.165, 1.54) is 44.1 Å². The van der Waals surface area contributed by atoms with Crippen LogP contribution in [0.2, 0.25) is 0 Å². The molecule has 4 nitrogen and oxygen atoms in total. The first-order valence-electron chi connectivity index (χ1n) is 13.3. The molecule has 8 aliphatic heterocycles. The predicted octanol–water partition coefficient (Wildman–Crippen LogP) is 0.210. The third-order valence-corrected chi connectivity index (χ3v) is 7.57. The Bertz CT molecular complexity index is 1640. The molecule has 0 aliphatic carbocycles. The lowest BCUT2D eigenvalue weighted by molar-refractivity contribution is -0.662. The summed E-state index contributed by atoms with van der Waals surface area (Å²) in [4.78, 5) is 0. The summed E-state index contributed by atoms with van der Waals surface area (Å²) in [7, 11) is 0. The largest absolute Gasteiger partial charge is 1.00 e. The van der Waals surface area contributed by atoms with Crippen molar-refractivity contribution in [3.8, 4) is 0 Å². The zero-order valence-corrected chi connectivity index (χ0v) is 25.2. The Hall–Kier alpha value is -3.74. The number of hydrogen-bond acceptors (Lipinski definition) is 2. The molecule has 14 rings (SSSR count). The Labute approximate surface area is 255 Å². The normalized spacial score (nSPS) is 12.6. The summed E-state index contributed by atoms with van der Waals surface area (Å²) in [5.74, 6) is 0. The van der Waals surface area contributed by atoms with Gasteiger partial charge in [0.2, 0.25) is 11.0 Å². The smallest absolute Gasteiger partial charge is 0.214 e. The summed E-state index contributed by atoms with van der Waals surface area (Å²) in [6.45, 7) is 3.23. The highest BCUT2D eigenvalue weighted by Gasteiger charge is 2.15. The number of nitrogens with zero attached hydrogens (tertiary/aromatic N) is 2. The zero-order valence-electron chi connectivity index (χ0n) is 22.0. The van der Waals surface area contributed by atoms with Crippen LogP contribution in [0.15, 0.2) is 122 Å². The maximum Gasteiger partial charge on any atom is 0.214 e. The van der Waals surface area contributed by atoms with E-state index < -0.39 is 0 Å². The van der Waals surface area contributed by atoms with Crippen LogP contribution in [0.1, 0.15) is 22.3 Å². The summed E-state index contributed by atoms with van der Waals surface area (Å²) < 4.78 is 4.68. The van der Waals surface area contributed by atoms with Gasteiger partial charge in [-0.25, -0.2) is 0 Å². The van der Waals surface area contributed by atoms with E-state index in [9.17, 15) is 0 Å². The van der Waals surface area contributed by atoms with Crippen molar-refractivity contribution < 1.29 is 43.1 Å². The fourth-order valence-corrected chi connectivity index (χ4v) is 5.47. The van der Waals surface area contributed by atoms with Crippen molar-refractivity contribution in [3.63, 3.8) is 0 Å². The summed E-state index contributed by atoms with van der Waals surface area (Å²) in [6.07, 6.45) is 4.39. The number of anilines is 2. The molecule has 0 spiro atoms. The number of halogens is 2. The van der Waals surface area contributed by atoms with Crippen LogP contribution in [0.5, 0.6) is 0 Å². The molecule has 200 valence electrons. The van der Waals surface area contributed by atoms with Crippen molar-refractivity contribution in [2.75, 3.05) is 10.6 Å². The van der Waals surface area contributed by atoms with Gasteiger partial charge in [-0.1, -0.05) is 72.8 Å². The number of aromatic nitrogens is 2. The van der Waals surface area contributed by atoms with Gasteiger partial charge in [-0.15, -0.1) is 0 Å². The molecule has 0 fully saturated rings. The molecule has 10 heterocycles. The lowest BCUT2D eigenvalue weighted by Crippen LogP contribution is -3.00. The molecule has 0 amide bonds. The van der Waals surface area contributed by atoms with Crippen molar-refractivity contribution in [2.45, 2.75) is 26.2 Å². The number of fused-ring (bicyclic) bond motifs is 1. The van der Waals surface area contributed by atoms with E-state index in [1.807, 2.05) is 0 Å². The maximum atomic E-state index is 3.68. The molecular formula is C34H30Br2N4. The number of para-hydroxylation sites is 2. The number of pyridine rings is 2. The highest BCUT2D eigenvalue weighted by Crippen LogP contribution is 2.23. The fourth-order valence-electron chi connectivity index (χ4n) is 5.47. The molecule has 4 aromatic carbocycles. The number of hydrogen-bond donors (Lipinski definition) is 2. The third-order valence-electron chi connectivity index (χ3n) is 7.57. The first kappa shape index (κ1) is 27.8. The first-order valence-corrected chi connectivity index (χ1v) is 13.3. The SMILES string of the molecule is [Br-].[Br-].c1ccc2c(c1)c1cc[n+]2Cc2ccc(cc2)C[n+]2ccc(c3ccccc32)NCc2ccc(cc2)CN1. The Balaban J connectivity index is 0.00000161. The molecule has 6 heteroatoms. The molecule has 0 saturated carbocycles. The monoisotopic (exact) mass is 652 g/mol. The number of rotatable bonds is 0. The number of nitrogens with one attached hydrogen (secondary N) is 2. The minimum absolute atomic E-state index is 0. The molecular weight excluding hydrogens is 624 g/mol. The van der Waals surface area contributed by atoms with Gasteiger partial charge < -0.3 is 44.6 Å². The van der Waals surface area contributed by atoms with Crippen molar-refractivity contribution in [2.24, 2.45) is 0 Å². The van der Waals surface area contributed by atoms with Crippen LogP contribution in [-0.2, 0) is 26.2 Å². The van der Waals surface area contributed by atoms with Crippen LogP contribution < -0.4 is 53.7 Å². The molecule has 0 radical (unpaired) electrons. The van der Waals surface area contributed by atoms with E-state index >= 15 is 0 Å². The summed E-state index contributed by atoms with van der Waals surface area (Å²) in [6, 6.07) is 39.6. The van der Waals surface area contributed by atoms with Crippen molar-refractivity contribution >= 4 is 33.2 Å². The molecule has 0 saturated heterocycles. The molecule has 0 unspecified atom stereocenters. The van der Waals surface area contributed by atoms with Crippen molar-refractivity contribution in [3.05, 3.63) is 144 Å². The van der Waals surface area contributed by atoms with Crippen LogP contribution in [0.3, 0.4) is 0 Å². The second-order valence-corrected chi connectivity index (χ2v) is 10.1. The Morgan fingerprint density at radius 1 is 0.425 bits per heavy atom. The lowest BCUT2D eigenvalue weighted by atomic mass is 10.1. The molecule has 2 aromatic heterocycles. The van der Waals surface area contributed by atoms with E-state index in [0.29, 0.717) is 0 Å². The second kappa shape index (κ2) is 12.2. The average molecular weight is 654 g/mol. The Morgan fingerprint density at radius 2 is 0.800 bits per heavy atom. The maximum absolute atomic E-state index is 3.68. The second-order valence-electron chi connectivity index (χ2n) is 10.1. The predicted molar refractivity (Wildman–Crippen MR) is 154 cm³/mol. The average Bonchev–Trinajstić information content (AvgIpc) is 2.97. The summed E-state index contributed by atoms with van der Waals surface area (Å²) in [5, 5.41) is 9.82.